The largest absolute Gasteiger partial charge is 0.470 e. The van der Waals surface area contributed by atoms with Gasteiger partial charge in [0.25, 0.3) is 5.91 Å². The second-order valence-electron chi connectivity index (χ2n) is 10.9. The number of hydrogen-bond donors (Lipinski definition) is 1. The standard InChI is InChI=1S/C34H24F2N4O4/c1-37-34(42)31-22-14-21(24-11-12-28-32(38-24)27-15-20-23(36)4-2-5-25(20)40(27)17-43-28)26(39-13-3-6-30(39)41)16-29(22)44-33(31)18-7-9-19(35)10-8-18/h2,4-5,7-12,14-16H,3,6,13,17H2,1H3,(H,37,42). The van der Waals surface area contributed by atoms with Crippen LogP contribution in [0.2, 0.25) is 0 Å². The third kappa shape index (κ3) is 3.90. The van der Waals surface area contributed by atoms with Crippen molar-refractivity contribution >= 4 is 39.4 Å². The van der Waals surface area contributed by atoms with Gasteiger partial charge >= 0.3 is 0 Å². The number of aromatic nitrogens is 2. The Bertz CT molecular complexity index is 2170. The number of ether oxygens (including phenoxy) is 1. The summed E-state index contributed by atoms with van der Waals surface area (Å²) in [4.78, 5) is 33.0. The van der Waals surface area contributed by atoms with Crippen LogP contribution in [-0.4, -0.2) is 35.0 Å². The van der Waals surface area contributed by atoms with Crippen LogP contribution in [0.15, 0.2) is 77.2 Å². The number of nitrogens with zero attached hydrogens (tertiary/aromatic N) is 3. The Morgan fingerprint density at radius 2 is 1.84 bits per heavy atom. The molecule has 8 nitrogen and oxygen atoms in total. The minimum absolute atomic E-state index is 0.0284. The fourth-order valence-electron chi connectivity index (χ4n) is 6.23. The number of benzene rings is 3. The summed E-state index contributed by atoms with van der Waals surface area (Å²) in [5.74, 6) is -0.309. The van der Waals surface area contributed by atoms with Gasteiger partial charge in [-0.2, -0.15) is 0 Å². The normalized spacial score (nSPS) is 14.2. The Morgan fingerprint density at radius 3 is 2.61 bits per heavy atom. The van der Waals surface area contributed by atoms with E-state index < -0.39 is 5.82 Å². The summed E-state index contributed by atoms with van der Waals surface area (Å²) in [5.41, 5.74) is 4.91. The van der Waals surface area contributed by atoms with E-state index in [4.69, 9.17) is 14.1 Å². The molecule has 0 bridgehead atoms. The molecule has 0 unspecified atom stereocenters. The van der Waals surface area contributed by atoms with Crippen LogP contribution >= 0.6 is 0 Å². The van der Waals surface area contributed by atoms with Crippen molar-refractivity contribution in [2.45, 2.75) is 19.6 Å². The Kier molecular flexibility index (Phi) is 5.80. The molecule has 0 saturated carbocycles. The van der Waals surface area contributed by atoms with Gasteiger partial charge in [0.2, 0.25) is 5.91 Å². The summed E-state index contributed by atoms with van der Waals surface area (Å²) in [7, 11) is 1.53. The molecular weight excluding hydrogens is 566 g/mol. The van der Waals surface area contributed by atoms with Crippen LogP contribution in [-0.2, 0) is 11.5 Å². The summed E-state index contributed by atoms with van der Waals surface area (Å²) in [6.07, 6.45) is 1.12. The molecule has 218 valence electrons. The number of furan rings is 1. The number of hydrogen-bond acceptors (Lipinski definition) is 5. The number of fused-ring (bicyclic) bond motifs is 6. The van der Waals surface area contributed by atoms with Gasteiger partial charge in [0.15, 0.2) is 6.73 Å². The molecule has 3 aromatic heterocycles. The number of nitrogens with one attached hydrogen (secondary N) is 1. The van der Waals surface area contributed by atoms with Crippen LogP contribution in [0.1, 0.15) is 23.2 Å². The SMILES string of the molecule is CNC(=O)c1c(-c2ccc(F)cc2)oc2cc(N3CCCC3=O)c(-c3ccc4c(n3)-c3cc5c(F)cccc5n3CO4)cc12. The van der Waals surface area contributed by atoms with Crippen molar-refractivity contribution < 1.29 is 27.5 Å². The molecular formula is C34H24F2N4O4. The summed E-state index contributed by atoms with van der Waals surface area (Å²) >= 11 is 0. The molecule has 2 aliphatic heterocycles. The first kappa shape index (κ1) is 26.1. The van der Waals surface area contributed by atoms with Crippen LogP contribution in [0.5, 0.6) is 5.75 Å². The van der Waals surface area contributed by atoms with Crippen molar-refractivity contribution in [1.82, 2.24) is 14.9 Å². The van der Waals surface area contributed by atoms with Gasteiger partial charge in [-0.25, -0.2) is 13.8 Å². The average Bonchev–Trinajstić information content (AvgIpc) is 3.75. The summed E-state index contributed by atoms with van der Waals surface area (Å²) in [6.45, 7) is 0.735. The predicted molar refractivity (Wildman–Crippen MR) is 161 cm³/mol. The van der Waals surface area contributed by atoms with Gasteiger partial charge in [-0.05, 0) is 67.1 Å². The average molecular weight is 591 g/mol. The van der Waals surface area contributed by atoms with Gasteiger partial charge in [0.05, 0.1) is 28.2 Å². The Labute approximate surface area is 249 Å². The van der Waals surface area contributed by atoms with E-state index in [1.165, 1.54) is 25.2 Å². The van der Waals surface area contributed by atoms with Crippen LogP contribution in [0.25, 0.3) is 55.8 Å². The molecule has 6 aromatic rings. The Hall–Kier alpha value is -5.51. The van der Waals surface area contributed by atoms with Crippen LogP contribution in [0.4, 0.5) is 14.5 Å². The number of carbonyl (C=O) groups is 2. The molecule has 1 fully saturated rings. The van der Waals surface area contributed by atoms with E-state index in [9.17, 15) is 18.4 Å². The first-order valence-electron chi connectivity index (χ1n) is 14.2. The highest BCUT2D eigenvalue weighted by Crippen LogP contribution is 2.44. The highest BCUT2D eigenvalue weighted by Gasteiger charge is 2.30. The molecule has 0 spiro atoms. The molecule has 5 heterocycles. The Morgan fingerprint density at radius 1 is 1.00 bits per heavy atom. The number of pyridine rings is 1. The molecule has 0 aliphatic carbocycles. The van der Waals surface area contributed by atoms with Gasteiger partial charge in [0, 0.05) is 48.0 Å². The molecule has 8 rings (SSSR count). The van der Waals surface area contributed by atoms with Gasteiger partial charge < -0.3 is 23.9 Å². The first-order valence-corrected chi connectivity index (χ1v) is 14.2. The van der Waals surface area contributed by atoms with E-state index >= 15 is 0 Å². The van der Waals surface area contributed by atoms with E-state index in [1.54, 1.807) is 35.2 Å². The maximum Gasteiger partial charge on any atom is 0.255 e. The molecule has 0 radical (unpaired) electrons. The molecule has 3 aromatic carbocycles. The van der Waals surface area contributed by atoms with E-state index in [0.29, 0.717) is 80.9 Å². The number of carbonyl (C=O) groups excluding carboxylic acids is 2. The predicted octanol–water partition coefficient (Wildman–Crippen LogP) is 6.90. The van der Waals surface area contributed by atoms with Gasteiger partial charge in [-0.1, -0.05) is 6.07 Å². The highest BCUT2D eigenvalue weighted by atomic mass is 19.1. The highest BCUT2D eigenvalue weighted by molar-refractivity contribution is 6.13. The fourth-order valence-corrected chi connectivity index (χ4v) is 6.23. The summed E-state index contributed by atoms with van der Waals surface area (Å²) < 4.78 is 42.6. The van der Waals surface area contributed by atoms with Crippen molar-refractivity contribution in [1.29, 1.82) is 0 Å². The maximum atomic E-state index is 14.7. The van der Waals surface area contributed by atoms with Crippen LogP contribution < -0.4 is 15.0 Å². The maximum absolute atomic E-state index is 14.7. The lowest BCUT2D eigenvalue weighted by atomic mass is 10.00. The molecule has 2 amide bonds. The first-order chi connectivity index (χ1) is 21.4. The third-order valence-electron chi connectivity index (χ3n) is 8.35. The molecule has 10 heteroatoms. The lowest BCUT2D eigenvalue weighted by molar-refractivity contribution is -0.117. The Balaban J connectivity index is 1.37. The van der Waals surface area contributed by atoms with E-state index in [1.807, 2.05) is 28.8 Å². The second-order valence-corrected chi connectivity index (χ2v) is 10.9. The fraction of sp³-hybridized carbons (Fsp3) is 0.147. The molecule has 1 N–H and O–H groups in total. The monoisotopic (exact) mass is 590 g/mol. The van der Waals surface area contributed by atoms with Gasteiger partial charge in [0.1, 0.15) is 34.4 Å². The van der Waals surface area contributed by atoms with Crippen molar-refractivity contribution in [2.24, 2.45) is 0 Å². The van der Waals surface area contributed by atoms with Gasteiger partial charge in [-0.3, -0.25) is 9.59 Å². The molecule has 2 aliphatic rings. The third-order valence-corrected chi connectivity index (χ3v) is 8.35. The zero-order chi connectivity index (χ0) is 30.1. The zero-order valence-electron chi connectivity index (χ0n) is 23.5. The van der Waals surface area contributed by atoms with Gasteiger partial charge in [-0.15, -0.1) is 0 Å². The lowest BCUT2D eigenvalue weighted by Gasteiger charge is -2.23. The number of amides is 2. The molecule has 44 heavy (non-hydrogen) atoms. The number of rotatable bonds is 4. The van der Waals surface area contributed by atoms with E-state index in [2.05, 4.69) is 5.32 Å². The second kappa shape index (κ2) is 9.77. The van der Waals surface area contributed by atoms with Crippen molar-refractivity contribution in [3.63, 3.8) is 0 Å². The zero-order valence-corrected chi connectivity index (χ0v) is 23.5. The molecule has 0 atom stereocenters. The number of halogens is 2. The van der Waals surface area contributed by atoms with Crippen LogP contribution in [0.3, 0.4) is 0 Å². The van der Waals surface area contributed by atoms with Crippen molar-refractivity contribution in [3.05, 3.63) is 90.0 Å². The summed E-state index contributed by atoms with van der Waals surface area (Å²) in [6, 6.07) is 19.6. The topological polar surface area (TPSA) is 89.6 Å². The van der Waals surface area contributed by atoms with E-state index in [-0.39, 0.29) is 35.7 Å². The molecule has 1 saturated heterocycles. The number of anilines is 1. The minimum Gasteiger partial charge on any atom is -0.470 e. The quantitative estimate of drug-likeness (QED) is 0.241. The van der Waals surface area contributed by atoms with E-state index in [0.717, 1.165) is 0 Å². The van der Waals surface area contributed by atoms with Crippen molar-refractivity contribution in [3.8, 4) is 39.7 Å². The van der Waals surface area contributed by atoms with Crippen LogP contribution in [0, 0.1) is 11.6 Å². The minimum atomic E-state index is -0.410. The van der Waals surface area contributed by atoms with Crippen molar-refractivity contribution in [2.75, 3.05) is 18.5 Å². The summed E-state index contributed by atoms with van der Waals surface area (Å²) in [5, 5.41) is 3.67. The lowest BCUT2D eigenvalue weighted by Crippen LogP contribution is -2.24. The smallest absolute Gasteiger partial charge is 0.255 e.